The molecule has 0 radical (unpaired) electrons. The third kappa shape index (κ3) is 3.64. The molecule has 2 heterocycles. The first kappa shape index (κ1) is 17.4. The van der Waals surface area contributed by atoms with E-state index < -0.39 is 0 Å². The van der Waals surface area contributed by atoms with Gasteiger partial charge in [-0.3, -0.25) is 9.59 Å². The summed E-state index contributed by atoms with van der Waals surface area (Å²) in [5.74, 6) is -0.288. The fraction of sp³-hybridized carbons (Fsp3) is 0.222. The van der Waals surface area contributed by atoms with Gasteiger partial charge < -0.3 is 14.6 Å². The second-order valence-electron chi connectivity index (χ2n) is 5.92. The first-order valence-electron chi connectivity index (χ1n) is 7.94. The molecule has 0 bridgehead atoms. The maximum Gasteiger partial charge on any atom is 0.291 e. The molecule has 0 atom stereocenters. The van der Waals surface area contributed by atoms with Crippen LogP contribution in [0.15, 0.2) is 45.6 Å². The van der Waals surface area contributed by atoms with Gasteiger partial charge in [-0.05, 0) is 49.7 Å². The summed E-state index contributed by atoms with van der Waals surface area (Å²) >= 11 is 0. The van der Waals surface area contributed by atoms with Crippen molar-refractivity contribution in [1.82, 2.24) is 15.2 Å². The number of carbonyl (C=O) groups is 2. The zero-order chi connectivity index (χ0) is 18.7. The molecule has 0 saturated heterocycles. The fourth-order valence-corrected chi connectivity index (χ4v) is 2.44. The van der Waals surface area contributed by atoms with Crippen LogP contribution in [0.5, 0.6) is 0 Å². The molecule has 0 aliphatic carbocycles. The predicted octanol–water partition coefficient (Wildman–Crippen LogP) is 2.80. The Morgan fingerprint density at radius 3 is 2.62 bits per heavy atom. The van der Waals surface area contributed by atoms with Crippen molar-refractivity contribution in [3.63, 3.8) is 0 Å². The number of anilines is 1. The van der Waals surface area contributed by atoms with Crippen LogP contribution >= 0.6 is 0 Å². The van der Waals surface area contributed by atoms with Gasteiger partial charge >= 0.3 is 0 Å². The zero-order valence-corrected chi connectivity index (χ0v) is 14.6. The maximum atomic E-state index is 12.6. The van der Waals surface area contributed by atoms with Gasteiger partial charge in [0, 0.05) is 18.3 Å². The van der Waals surface area contributed by atoms with Gasteiger partial charge in [0.15, 0.2) is 5.76 Å². The summed E-state index contributed by atoms with van der Waals surface area (Å²) in [5, 5.41) is 10.3. The van der Waals surface area contributed by atoms with E-state index >= 15 is 0 Å². The highest BCUT2D eigenvalue weighted by molar-refractivity contribution is 6.03. The van der Waals surface area contributed by atoms with Crippen LogP contribution in [0.2, 0.25) is 0 Å². The molecule has 2 amide bonds. The van der Waals surface area contributed by atoms with E-state index in [1.54, 1.807) is 44.3 Å². The van der Waals surface area contributed by atoms with Gasteiger partial charge in [0.05, 0.1) is 12.8 Å². The Kier molecular flexibility index (Phi) is 4.83. The molecule has 0 aliphatic rings. The van der Waals surface area contributed by atoms with E-state index in [1.165, 1.54) is 11.2 Å². The molecule has 0 spiro atoms. The van der Waals surface area contributed by atoms with E-state index in [4.69, 9.17) is 4.42 Å². The number of aromatic nitrogens is 2. The molecule has 1 N–H and O–H groups in total. The highest BCUT2D eigenvalue weighted by atomic mass is 16.6. The Morgan fingerprint density at radius 2 is 2.00 bits per heavy atom. The van der Waals surface area contributed by atoms with Crippen molar-refractivity contribution in [1.29, 1.82) is 0 Å². The number of nitrogens with zero attached hydrogens (tertiary/aromatic N) is 3. The van der Waals surface area contributed by atoms with E-state index in [2.05, 4.69) is 20.3 Å². The maximum absolute atomic E-state index is 12.6. The van der Waals surface area contributed by atoms with Crippen molar-refractivity contribution in [2.24, 2.45) is 0 Å². The third-order valence-electron chi connectivity index (χ3n) is 3.95. The van der Waals surface area contributed by atoms with Gasteiger partial charge in [0.1, 0.15) is 11.4 Å². The van der Waals surface area contributed by atoms with E-state index in [-0.39, 0.29) is 17.6 Å². The van der Waals surface area contributed by atoms with Crippen LogP contribution in [-0.2, 0) is 6.54 Å². The molecule has 0 fully saturated rings. The standard InChI is InChI=1S/C18H18N4O4/c1-11-9-13(18(24)22(3)10-15-12(2)20-26-21-15)6-7-14(11)19-17(23)16-5-4-8-25-16/h4-9H,10H2,1-3H3,(H,19,23). The molecular formula is C18H18N4O4. The van der Waals surface area contributed by atoms with Gasteiger partial charge in [0.2, 0.25) is 0 Å². The molecule has 134 valence electrons. The van der Waals surface area contributed by atoms with Gasteiger partial charge in [-0.1, -0.05) is 10.3 Å². The van der Waals surface area contributed by atoms with Gasteiger partial charge in [-0.25, -0.2) is 4.63 Å². The van der Waals surface area contributed by atoms with Crippen LogP contribution in [0, 0.1) is 13.8 Å². The van der Waals surface area contributed by atoms with Crippen molar-refractivity contribution >= 4 is 17.5 Å². The van der Waals surface area contributed by atoms with E-state index in [0.29, 0.717) is 29.2 Å². The molecular weight excluding hydrogens is 336 g/mol. The second-order valence-corrected chi connectivity index (χ2v) is 5.92. The third-order valence-corrected chi connectivity index (χ3v) is 3.95. The van der Waals surface area contributed by atoms with Crippen LogP contribution in [0.25, 0.3) is 0 Å². The van der Waals surface area contributed by atoms with Crippen molar-refractivity contribution in [2.45, 2.75) is 20.4 Å². The lowest BCUT2D eigenvalue weighted by Gasteiger charge is -2.17. The summed E-state index contributed by atoms with van der Waals surface area (Å²) < 4.78 is 9.72. The lowest BCUT2D eigenvalue weighted by molar-refractivity contribution is 0.0781. The Morgan fingerprint density at radius 1 is 1.19 bits per heavy atom. The van der Waals surface area contributed by atoms with Crippen LogP contribution < -0.4 is 5.32 Å². The summed E-state index contributed by atoms with van der Waals surface area (Å²) in [6, 6.07) is 8.31. The topological polar surface area (TPSA) is 101 Å². The van der Waals surface area contributed by atoms with Crippen molar-refractivity contribution in [3.05, 3.63) is 64.9 Å². The molecule has 2 aromatic heterocycles. The molecule has 0 saturated carbocycles. The number of hydrogen-bond acceptors (Lipinski definition) is 6. The minimum absolute atomic E-state index is 0.167. The number of amides is 2. The van der Waals surface area contributed by atoms with Crippen LogP contribution in [0.3, 0.4) is 0 Å². The van der Waals surface area contributed by atoms with Crippen LogP contribution in [0.4, 0.5) is 5.69 Å². The molecule has 0 aliphatic heterocycles. The molecule has 8 nitrogen and oxygen atoms in total. The quantitative estimate of drug-likeness (QED) is 0.756. The highest BCUT2D eigenvalue weighted by Gasteiger charge is 2.17. The summed E-state index contributed by atoms with van der Waals surface area (Å²) in [5.41, 5.74) is 3.15. The van der Waals surface area contributed by atoms with Crippen molar-refractivity contribution < 1.29 is 18.6 Å². The minimum Gasteiger partial charge on any atom is -0.459 e. The van der Waals surface area contributed by atoms with Crippen LogP contribution in [-0.4, -0.2) is 34.1 Å². The van der Waals surface area contributed by atoms with E-state index in [1.807, 2.05) is 6.92 Å². The average molecular weight is 354 g/mol. The summed E-state index contributed by atoms with van der Waals surface area (Å²) in [6.45, 7) is 3.88. The zero-order valence-electron chi connectivity index (χ0n) is 14.6. The second kappa shape index (κ2) is 7.22. The molecule has 1 aromatic carbocycles. The Bertz CT molecular complexity index is 931. The lowest BCUT2D eigenvalue weighted by atomic mass is 10.1. The number of hydrogen-bond donors (Lipinski definition) is 1. The number of carbonyl (C=O) groups excluding carboxylic acids is 2. The molecule has 26 heavy (non-hydrogen) atoms. The minimum atomic E-state index is -0.344. The first-order chi connectivity index (χ1) is 12.5. The average Bonchev–Trinajstić information content (AvgIpc) is 3.28. The van der Waals surface area contributed by atoms with Crippen molar-refractivity contribution in [2.75, 3.05) is 12.4 Å². The largest absolute Gasteiger partial charge is 0.459 e. The summed E-state index contributed by atoms with van der Waals surface area (Å²) in [4.78, 5) is 26.2. The predicted molar refractivity (Wildman–Crippen MR) is 92.7 cm³/mol. The number of benzene rings is 1. The smallest absolute Gasteiger partial charge is 0.291 e. The van der Waals surface area contributed by atoms with Gasteiger partial charge in [-0.2, -0.15) is 0 Å². The van der Waals surface area contributed by atoms with E-state index in [0.717, 1.165) is 5.56 Å². The fourth-order valence-electron chi connectivity index (χ4n) is 2.44. The molecule has 0 unspecified atom stereocenters. The molecule has 3 aromatic rings. The Balaban J connectivity index is 1.71. The number of furan rings is 1. The first-order valence-corrected chi connectivity index (χ1v) is 7.94. The summed E-state index contributed by atoms with van der Waals surface area (Å²) in [7, 11) is 1.68. The Hall–Kier alpha value is -3.42. The molecule has 8 heteroatoms. The summed E-state index contributed by atoms with van der Waals surface area (Å²) in [6.07, 6.45) is 1.44. The molecule has 3 rings (SSSR count). The SMILES string of the molecule is Cc1cc(C(=O)N(C)Cc2nonc2C)ccc1NC(=O)c1ccco1. The monoisotopic (exact) mass is 354 g/mol. The Labute approximate surface area is 149 Å². The number of rotatable bonds is 5. The normalized spacial score (nSPS) is 10.6. The highest BCUT2D eigenvalue weighted by Crippen LogP contribution is 2.19. The van der Waals surface area contributed by atoms with E-state index in [9.17, 15) is 9.59 Å². The van der Waals surface area contributed by atoms with Gasteiger partial charge in [0.25, 0.3) is 11.8 Å². The van der Waals surface area contributed by atoms with Crippen molar-refractivity contribution in [3.8, 4) is 0 Å². The van der Waals surface area contributed by atoms with Crippen LogP contribution in [0.1, 0.15) is 37.9 Å². The number of aryl methyl sites for hydroxylation is 2. The number of nitrogens with one attached hydrogen (secondary N) is 1. The van der Waals surface area contributed by atoms with Gasteiger partial charge in [-0.15, -0.1) is 0 Å². The lowest BCUT2D eigenvalue weighted by Crippen LogP contribution is -2.26.